The summed E-state index contributed by atoms with van der Waals surface area (Å²) < 4.78 is 5.50. The third-order valence-corrected chi connectivity index (χ3v) is 3.41. The molecule has 0 aliphatic rings. The Morgan fingerprint density at radius 2 is 2.16 bits per heavy atom. The van der Waals surface area contributed by atoms with Crippen LogP contribution in [0.15, 0.2) is 24.3 Å². The molecule has 1 atom stereocenters. The van der Waals surface area contributed by atoms with Gasteiger partial charge >= 0.3 is 0 Å². The molecule has 1 N–H and O–H groups in total. The molecule has 0 aliphatic carbocycles. The molecule has 4 heteroatoms. The number of hydrogen-bond donors (Lipinski definition) is 1. The van der Waals surface area contributed by atoms with Crippen LogP contribution in [0, 0.1) is 5.92 Å². The van der Waals surface area contributed by atoms with Crippen LogP contribution in [0.3, 0.4) is 0 Å². The van der Waals surface area contributed by atoms with Crippen LogP contribution in [-0.4, -0.2) is 24.4 Å². The fourth-order valence-electron chi connectivity index (χ4n) is 1.47. The van der Waals surface area contributed by atoms with Gasteiger partial charge in [0, 0.05) is 12.1 Å². The van der Waals surface area contributed by atoms with Gasteiger partial charge in [0.2, 0.25) is 0 Å². The topological polar surface area (TPSA) is 38.3 Å². The van der Waals surface area contributed by atoms with Crippen molar-refractivity contribution < 1.29 is 9.53 Å². The summed E-state index contributed by atoms with van der Waals surface area (Å²) >= 11 is 6.11. The van der Waals surface area contributed by atoms with E-state index in [4.69, 9.17) is 16.3 Å². The van der Waals surface area contributed by atoms with Crippen LogP contribution in [-0.2, 0) is 0 Å². The van der Waals surface area contributed by atoms with E-state index < -0.39 is 0 Å². The molecule has 106 valence electrons. The molecular weight excluding hydrogens is 262 g/mol. The summed E-state index contributed by atoms with van der Waals surface area (Å²) in [6.45, 7) is 7.23. The number of nitrogens with one attached hydrogen (secondary N) is 1. The van der Waals surface area contributed by atoms with E-state index in [1.807, 2.05) is 32.9 Å². The molecule has 19 heavy (non-hydrogen) atoms. The van der Waals surface area contributed by atoms with Crippen LogP contribution in [0.5, 0.6) is 5.75 Å². The molecular formula is C15H22ClNO2. The minimum Gasteiger partial charge on any atom is -0.494 e. The largest absolute Gasteiger partial charge is 0.494 e. The van der Waals surface area contributed by atoms with Gasteiger partial charge in [-0.3, -0.25) is 4.79 Å². The van der Waals surface area contributed by atoms with Crippen molar-refractivity contribution >= 4 is 17.5 Å². The number of halogens is 1. The van der Waals surface area contributed by atoms with Crippen molar-refractivity contribution in [3.63, 3.8) is 0 Å². The summed E-state index contributed by atoms with van der Waals surface area (Å²) in [4.78, 5) is 12.0. The molecule has 0 aliphatic heterocycles. The molecule has 3 nitrogen and oxygen atoms in total. The van der Waals surface area contributed by atoms with Crippen molar-refractivity contribution in [3.8, 4) is 5.75 Å². The van der Waals surface area contributed by atoms with Crippen molar-refractivity contribution in [2.75, 3.05) is 13.2 Å². The van der Waals surface area contributed by atoms with Gasteiger partial charge in [-0.15, -0.1) is 11.6 Å². The Hall–Kier alpha value is -1.22. The van der Waals surface area contributed by atoms with E-state index in [-0.39, 0.29) is 11.3 Å². The first kappa shape index (κ1) is 15.8. The molecule has 0 spiro atoms. The summed E-state index contributed by atoms with van der Waals surface area (Å²) in [6, 6.07) is 7.20. The highest BCUT2D eigenvalue weighted by atomic mass is 35.5. The maximum absolute atomic E-state index is 12.0. The second-order valence-electron chi connectivity index (χ2n) is 4.85. The zero-order chi connectivity index (χ0) is 14.3. The Labute approximate surface area is 120 Å². The Kier molecular flexibility index (Phi) is 6.71. The minimum absolute atomic E-state index is 0.0523. The van der Waals surface area contributed by atoms with Crippen LogP contribution in [0.4, 0.5) is 0 Å². The zero-order valence-corrected chi connectivity index (χ0v) is 12.5. The third-order valence-electron chi connectivity index (χ3n) is 2.75. The number of amides is 1. The second kappa shape index (κ2) is 8.05. The average Bonchev–Trinajstić information content (AvgIpc) is 2.42. The predicted molar refractivity (Wildman–Crippen MR) is 79.0 cm³/mol. The summed E-state index contributed by atoms with van der Waals surface area (Å²) in [7, 11) is 0. The number of alkyl halides is 1. The van der Waals surface area contributed by atoms with Crippen molar-refractivity contribution in [1.82, 2.24) is 5.32 Å². The summed E-state index contributed by atoms with van der Waals surface area (Å²) in [6.07, 6.45) is 0.943. The molecule has 0 radical (unpaired) electrons. The van der Waals surface area contributed by atoms with E-state index in [1.54, 1.807) is 12.1 Å². The second-order valence-corrected chi connectivity index (χ2v) is 5.41. The lowest BCUT2D eigenvalue weighted by Gasteiger charge is -2.14. The highest BCUT2D eigenvalue weighted by molar-refractivity contribution is 6.21. The number of carbonyl (C=O) groups is 1. The Bertz CT molecular complexity index is 407. The van der Waals surface area contributed by atoms with Gasteiger partial charge in [-0.2, -0.15) is 0 Å². The molecule has 1 aromatic carbocycles. The normalized spacial score (nSPS) is 12.3. The van der Waals surface area contributed by atoms with Crippen LogP contribution < -0.4 is 10.1 Å². The zero-order valence-electron chi connectivity index (χ0n) is 11.8. The van der Waals surface area contributed by atoms with Crippen molar-refractivity contribution in [2.45, 2.75) is 32.6 Å². The van der Waals surface area contributed by atoms with E-state index in [9.17, 15) is 4.79 Å². The van der Waals surface area contributed by atoms with Crippen LogP contribution >= 0.6 is 11.6 Å². The number of ether oxygens (including phenoxy) is 1. The van der Waals surface area contributed by atoms with Crippen molar-refractivity contribution in [3.05, 3.63) is 29.8 Å². The summed E-state index contributed by atoms with van der Waals surface area (Å²) in [5, 5.41) is 2.78. The number of rotatable bonds is 7. The summed E-state index contributed by atoms with van der Waals surface area (Å²) in [5.74, 6) is 0.940. The Balaban J connectivity index is 2.56. The third kappa shape index (κ3) is 5.52. The fourth-order valence-corrected chi connectivity index (χ4v) is 1.55. The molecule has 0 saturated heterocycles. The SMILES string of the molecule is CCCOc1cccc(C(=O)NCC(Cl)C(C)C)c1. The number of hydrogen-bond acceptors (Lipinski definition) is 2. The van der Waals surface area contributed by atoms with Crippen LogP contribution in [0.25, 0.3) is 0 Å². The van der Waals surface area contributed by atoms with Gasteiger partial charge in [-0.1, -0.05) is 26.8 Å². The van der Waals surface area contributed by atoms with E-state index in [0.29, 0.717) is 24.6 Å². The lowest BCUT2D eigenvalue weighted by Crippen LogP contribution is -2.31. The summed E-state index contributed by atoms with van der Waals surface area (Å²) in [5.41, 5.74) is 0.598. The highest BCUT2D eigenvalue weighted by Crippen LogP contribution is 2.14. The van der Waals surface area contributed by atoms with E-state index in [1.165, 1.54) is 0 Å². The molecule has 1 aromatic rings. The lowest BCUT2D eigenvalue weighted by atomic mass is 10.1. The molecule has 0 fully saturated rings. The van der Waals surface area contributed by atoms with Gasteiger partial charge in [0.1, 0.15) is 5.75 Å². The maximum Gasteiger partial charge on any atom is 0.251 e. The van der Waals surface area contributed by atoms with E-state index in [2.05, 4.69) is 5.32 Å². The van der Waals surface area contributed by atoms with Gasteiger partial charge < -0.3 is 10.1 Å². The fraction of sp³-hybridized carbons (Fsp3) is 0.533. The van der Waals surface area contributed by atoms with E-state index in [0.717, 1.165) is 12.2 Å². The van der Waals surface area contributed by atoms with Gasteiger partial charge in [-0.25, -0.2) is 0 Å². The van der Waals surface area contributed by atoms with Gasteiger partial charge in [0.15, 0.2) is 0 Å². The molecule has 0 saturated carbocycles. The number of benzene rings is 1. The first-order chi connectivity index (χ1) is 9.04. The smallest absolute Gasteiger partial charge is 0.251 e. The molecule has 1 amide bonds. The molecule has 0 bridgehead atoms. The Morgan fingerprint density at radius 1 is 1.42 bits per heavy atom. The minimum atomic E-state index is -0.117. The predicted octanol–water partition coefficient (Wildman–Crippen LogP) is 3.47. The molecule has 0 heterocycles. The van der Waals surface area contributed by atoms with E-state index >= 15 is 0 Å². The quantitative estimate of drug-likeness (QED) is 0.778. The average molecular weight is 284 g/mol. The lowest BCUT2D eigenvalue weighted by molar-refractivity contribution is 0.0952. The highest BCUT2D eigenvalue weighted by Gasteiger charge is 2.12. The van der Waals surface area contributed by atoms with Gasteiger partial charge in [0.05, 0.1) is 12.0 Å². The standard InChI is InChI=1S/C15H22ClNO2/c1-4-8-19-13-7-5-6-12(9-13)15(18)17-10-14(16)11(2)3/h5-7,9,11,14H,4,8,10H2,1-3H3,(H,17,18). The Morgan fingerprint density at radius 3 is 2.79 bits per heavy atom. The maximum atomic E-state index is 12.0. The first-order valence-corrected chi connectivity index (χ1v) is 7.13. The monoisotopic (exact) mass is 283 g/mol. The van der Waals surface area contributed by atoms with Crippen molar-refractivity contribution in [1.29, 1.82) is 0 Å². The number of carbonyl (C=O) groups excluding carboxylic acids is 1. The van der Waals surface area contributed by atoms with Gasteiger partial charge in [0.25, 0.3) is 5.91 Å². The molecule has 1 unspecified atom stereocenters. The van der Waals surface area contributed by atoms with Gasteiger partial charge in [-0.05, 0) is 30.5 Å². The van der Waals surface area contributed by atoms with Crippen LogP contribution in [0.1, 0.15) is 37.6 Å². The molecule has 1 rings (SSSR count). The van der Waals surface area contributed by atoms with Crippen LogP contribution in [0.2, 0.25) is 0 Å². The first-order valence-electron chi connectivity index (χ1n) is 6.69. The van der Waals surface area contributed by atoms with Crippen molar-refractivity contribution in [2.24, 2.45) is 5.92 Å². The molecule has 0 aromatic heterocycles.